The van der Waals surface area contributed by atoms with Crippen molar-refractivity contribution in [2.24, 2.45) is 5.92 Å². The summed E-state index contributed by atoms with van der Waals surface area (Å²) in [5.41, 5.74) is 2.83. The highest BCUT2D eigenvalue weighted by Crippen LogP contribution is 2.23. The molecule has 0 radical (unpaired) electrons. The van der Waals surface area contributed by atoms with Crippen LogP contribution in [0.1, 0.15) is 40.5 Å². The smallest absolute Gasteiger partial charge is 0.258 e. The van der Waals surface area contributed by atoms with Crippen LogP contribution in [0.25, 0.3) is 0 Å². The van der Waals surface area contributed by atoms with Gasteiger partial charge in [0.15, 0.2) is 5.78 Å². The molecule has 1 aliphatic heterocycles. The zero-order valence-electron chi connectivity index (χ0n) is 20.6. The minimum absolute atomic E-state index is 0.0484. The number of aromatic nitrogens is 1. The van der Waals surface area contributed by atoms with Gasteiger partial charge >= 0.3 is 0 Å². The largest absolute Gasteiger partial charge is 0.315 e. The Labute approximate surface area is 212 Å². The van der Waals surface area contributed by atoms with Crippen molar-refractivity contribution in [2.45, 2.75) is 19.8 Å². The summed E-state index contributed by atoms with van der Waals surface area (Å²) in [6.45, 7) is 5.33. The number of pyridine rings is 1. The van der Waals surface area contributed by atoms with Gasteiger partial charge in [-0.15, -0.1) is 0 Å². The summed E-state index contributed by atoms with van der Waals surface area (Å²) in [6, 6.07) is 20.3. The second kappa shape index (κ2) is 12.2. The zero-order chi connectivity index (χ0) is 25.3. The number of hydrogen-bond donors (Lipinski definition) is 0. The first-order chi connectivity index (χ1) is 17.6. The van der Waals surface area contributed by atoms with Crippen LogP contribution in [-0.4, -0.2) is 60.7 Å². The van der Waals surface area contributed by atoms with E-state index in [-0.39, 0.29) is 17.6 Å². The Kier molecular flexibility index (Phi) is 8.57. The van der Waals surface area contributed by atoms with Gasteiger partial charge in [-0.25, -0.2) is 0 Å². The summed E-state index contributed by atoms with van der Waals surface area (Å²) in [4.78, 5) is 47.4. The Balaban J connectivity index is 1.40. The minimum atomic E-state index is -0.113. The van der Waals surface area contributed by atoms with Crippen LogP contribution in [0.2, 0.25) is 0 Å². The summed E-state index contributed by atoms with van der Waals surface area (Å²) >= 11 is 0. The molecule has 1 aliphatic rings. The molecular weight excluding hydrogens is 452 g/mol. The van der Waals surface area contributed by atoms with E-state index >= 15 is 0 Å². The number of amides is 2. The molecule has 0 saturated carbocycles. The third-order valence-electron chi connectivity index (χ3n) is 6.77. The average Bonchev–Trinajstić information content (AvgIpc) is 2.95. The normalized spacial score (nSPS) is 14.2. The van der Waals surface area contributed by atoms with Crippen LogP contribution in [0.15, 0.2) is 79.1 Å². The summed E-state index contributed by atoms with van der Waals surface area (Å²) in [7, 11) is 0. The average molecular weight is 485 g/mol. The maximum Gasteiger partial charge on any atom is 0.258 e. The van der Waals surface area contributed by atoms with Crippen LogP contribution in [0.4, 0.5) is 11.4 Å². The molecule has 2 aromatic carbocycles. The van der Waals surface area contributed by atoms with Gasteiger partial charge in [0, 0.05) is 48.6 Å². The van der Waals surface area contributed by atoms with Crippen molar-refractivity contribution in [3.05, 3.63) is 90.3 Å². The number of carbonyl (C=O) groups is 3. The van der Waals surface area contributed by atoms with Crippen molar-refractivity contribution in [3.63, 3.8) is 0 Å². The number of hydrogen-bond acceptors (Lipinski definition) is 5. The lowest BCUT2D eigenvalue weighted by Crippen LogP contribution is -2.43. The number of nitrogens with zero attached hydrogens (tertiary/aromatic N) is 4. The lowest BCUT2D eigenvalue weighted by molar-refractivity contribution is -0.107. The summed E-state index contributed by atoms with van der Waals surface area (Å²) in [5, 5.41) is 0. The van der Waals surface area contributed by atoms with Gasteiger partial charge in [0.2, 0.25) is 6.41 Å². The molecule has 0 bridgehead atoms. The number of carbonyl (C=O) groups excluding carboxylic acids is 3. The second-order valence-corrected chi connectivity index (χ2v) is 8.95. The number of rotatable bonds is 10. The van der Waals surface area contributed by atoms with Crippen LogP contribution in [0.5, 0.6) is 0 Å². The number of anilines is 2. The number of ketones is 1. The van der Waals surface area contributed by atoms with Gasteiger partial charge in [-0.3, -0.25) is 19.4 Å². The van der Waals surface area contributed by atoms with Gasteiger partial charge < -0.3 is 14.7 Å². The fourth-order valence-corrected chi connectivity index (χ4v) is 4.63. The first kappa shape index (κ1) is 25.3. The lowest BCUT2D eigenvalue weighted by atomic mass is 9.89. The van der Waals surface area contributed by atoms with E-state index in [1.165, 1.54) is 0 Å². The molecule has 1 fully saturated rings. The van der Waals surface area contributed by atoms with Crippen LogP contribution in [-0.2, 0) is 4.79 Å². The summed E-state index contributed by atoms with van der Waals surface area (Å²) in [5.74, 6) is 0.159. The van der Waals surface area contributed by atoms with Gasteiger partial charge in [0.25, 0.3) is 5.91 Å². The highest BCUT2D eigenvalue weighted by atomic mass is 16.2. The minimum Gasteiger partial charge on any atom is -0.315 e. The van der Waals surface area contributed by atoms with Crippen molar-refractivity contribution in [1.82, 2.24) is 9.88 Å². The van der Waals surface area contributed by atoms with Crippen molar-refractivity contribution < 1.29 is 14.4 Å². The van der Waals surface area contributed by atoms with E-state index in [1.807, 2.05) is 49.4 Å². The Morgan fingerprint density at radius 1 is 0.944 bits per heavy atom. The van der Waals surface area contributed by atoms with Gasteiger partial charge in [-0.1, -0.05) is 30.3 Å². The number of piperidine rings is 1. The molecule has 0 spiro atoms. The molecule has 1 saturated heterocycles. The predicted molar refractivity (Wildman–Crippen MR) is 141 cm³/mol. The molecule has 4 rings (SSSR count). The molecular formula is C29H32N4O3. The van der Waals surface area contributed by atoms with Crippen molar-refractivity contribution in [1.29, 1.82) is 0 Å². The molecule has 36 heavy (non-hydrogen) atoms. The molecule has 3 aromatic rings. The molecule has 0 N–H and O–H groups in total. The molecule has 0 atom stereocenters. The second-order valence-electron chi connectivity index (χ2n) is 8.95. The third kappa shape index (κ3) is 6.04. The maximum absolute atomic E-state index is 13.5. The molecule has 0 unspecified atom stereocenters. The SMILES string of the molecule is CCN(C=O)c1ccc(C(=O)N(CCN2CCC(C(=O)c3ccccc3)CC2)c2cccnc2)cc1. The molecule has 7 heteroatoms. The molecule has 7 nitrogen and oxygen atoms in total. The first-order valence-electron chi connectivity index (χ1n) is 12.5. The Bertz CT molecular complexity index is 1140. The van der Waals surface area contributed by atoms with Gasteiger partial charge in [-0.2, -0.15) is 0 Å². The number of benzene rings is 2. The quantitative estimate of drug-likeness (QED) is 0.317. The van der Waals surface area contributed by atoms with Gasteiger partial charge in [-0.05, 0) is 69.3 Å². The van der Waals surface area contributed by atoms with E-state index in [0.29, 0.717) is 25.2 Å². The van der Waals surface area contributed by atoms with Crippen LogP contribution in [0, 0.1) is 5.92 Å². The van der Waals surface area contributed by atoms with Crippen LogP contribution in [0.3, 0.4) is 0 Å². The summed E-state index contributed by atoms with van der Waals surface area (Å²) < 4.78 is 0. The third-order valence-corrected chi connectivity index (χ3v) is 6.77. The van der Waals surface area contributed by atoms with E-state index < -0.39 is 0 Å². The van der Waals surface area contributed by atoms with Gasteiger partial charge in [0.1, 0.15) is 0 Å². The fraction of sp³-hybridized carbons (Fsp3) is 0.310. The van der Waals surface area contributed by atoms with E-state index in [2.05, 4.69) is 9.88 Å². The maximum atomic E-state index is 13.5. The predicted octanol–water partition coefficient (Wildman–Crippen LogP) is 4.31. The first-order valence-corrected chi connectivity index (χ1v) is 12.5. The monoisotopic (exact) mass is 484 g/mol. The van der Waals surface area contributed by atoms with Crippen LogP contribution < -0.4 is 9.80 Å². The van der Waals surface area contributed by atoms with E-state index in [1.54, 1.807) is 46.5 Å². The van der Waals surface area contributed by atoms with Gasteiger partial charge in [0.05, 0.1) is 11.9 Å². The summed E-state index contributed by atoms with van der Waals surface area (Å²) in [6.07, 6.45) is 5.81. The van der Waals surface area contributed by atoms with E-state index in [4.69, 9.17) is 0 Å². The Morgan fingerprint density at radius 3 is 2.28 bits per heavy atom. The number of likely N-dealkylation sites (tertiary alicyclic amines) is 1. The Morgan fingerprint density at radius 2 is 1.67 bits per heavy atom. The highest BCUT2D eigenvalue weighted by Gasteiger charge is 2.26. The Hall–Kier alpha value is -3.84. The zero-order valence-corrected chi connectivity index (χ0v) is 20.6. The molecule has 2 amide bonds. The molecule has 0 aliphatic carbocycles. The van der Waals surface area contributed by atoms with Crippen molar-refractivity contribution in [2.75, 3.05) is 42.5 Å². The molecule has 2 heterocycles. The molecule has 1 aromatic heterocycles. The molecule has 186 valence electrons. The van der Waals surface area contributed by atoms with Crippen molar-refractivity contribution in [3.8, 4) is 0 Å². The topological polar surface area (TPSA) is 73.8 Å². The number of Topliss-reactive ketones (excluding diaryl/α,β-unsaturated/α-hetero) is 1. The van der Waals surface area contributed by atoms with E-state index in [9.17, 15) is 14.4 Å². The standard InChI is InChI=1S/C29H32N4O3/c1-2-32(22-34)26-12-10-25(11-13-26)29(36)33(27-9-6-16-30-21-27)20-19-31-17-14-24(15-18-31)28(35)23-7-4-3-5-8-23/h3-13,16,21-22,24H,2,14-15,17-20H2,1H3. The fourth-order valence-electron chi connectivity index (χ4n) is 4.63. The van der Waals surface area contributed by atoms with Crippen LogP contribution >= 0.6 is 0 Å². The highest BCUT2D eigenvalue weighted by molar-refractivity contribution is 6.06. The lowest BCUT2D eigenvalue weighted by Gasteiger charge is -2.33. The van der Waals surface area contributed by atoms with E-state index in [0.717, 1.165) is 49.3 Å². The van der Waals surface area contributed by atoms with Crippen molar-refractivity contribution >= 4 is 29.5 Å².